The molecule has 4 nitrogen and oxygen atoms in total. The summed E-state index contributed by atoms with van der Waals surface area (Å²) in [6.07, 6.45) is 3.51. The van der Waals surface area contributed by atoms with Crippen molar-refractivity contribution in [1.29, 1.82) is 0 Å². The van der Waals surface area contributed by atoms with Crippen LogP contribution in [0, 0.1) is 0 Å². The van der Waals surface area contributed by atoms with Crippen LogP contribution < -0.4 is 15.2 Å². The van der Waals surface area contributed by atoms with E-state index in [2.05, 4.69) is 17.1 Å². The highest BCUT2D eigenvalue weighted by molar-refractivity contribution is 5.46. The Kier molecular flexibility index (Phi) is 3.56. The largest absolute Gasteiger partial charge is 0.493 e. The van der Waals surface area contributed by atoms with Gasteiger partial charge in [0.15, 0.2) is 0 Å². The number of ether oxygens (including phenoxy) is 2. The van der Waals surface area contributed by atoms with Crippen LogP contribution in [0.4, 0.5) is 0 Å². The number of pyridine rings is 1. The molecule has 1 unspecified atom stereocenters. The van der Waals surface area contributed by atoms with Gasteiger partial charge in [0.25, 0.3) is 0 Å². The lowest BCUT2D eigenvalue weighted by Crippen LogP contribution is -2.14. The van der Waals surface area contributed by atoms with Gasteiger partial charge in [-0.3, -0.25) is 0 Å². The molecule has 0 fully saturated rings. The zero-order valence-corrected chi connectivity index (χ0v) is 11.5. The first-order valence-corrected chi connectivity index (χ1v) is 6.77. The van der Waals surface area contributed by atoms with E-state index in [0.717, 1.165) is 36.3 Å². The van der Waals surface area contributed by atoms with Gasteiger partial charge in [0.1, 0.15) is 5.75 Å². The summed E-state index contributed by atoms with van der Waals surface area (Å²) in [5.74, 6) is 1.59. The molecule has 0 saturated heterocycles. The molecule has 1 atom stereocenters. The zero-order chi connectivity index (χ0) is 13.9. The Balaban J connectivity index is 1.79. The van der Waals surface area contributed by atoms with Crippen LogP contribution >= 0.6 is 0 Å². The van der Waals surface area contributed by atoms with Crippen LogP contribution in [-0.4, -0.2) is 18.7 Å². The Morgan fingerprint density at radius 3 is 3.00 bits per heavy atom. The number of benzene rings is 1. The summed E-state index contributed by atoms with van der Waals surface area (Å²) in [4.78, 5) is 4.21. The Hall–Kier alpha value is -2.07. The monoisotopic (exact) mass is 270 g/mol. The zero-order valence-electron chi connectivity index (χ0n) is 11.5. The number of nitrogens with zero attached hydrogens (tertiary/aromatic N) is 1. The van der Waals surface area contributed by atoms with Gasteiger partial charge in [0.2, 0.25) is 5.88 Å². The highest BCUT2D eigenvalue weighted by Crippen LogP contribution is 2.33. The van der Waals surface area contributed by atoms with Crippen LogP contribution in [-0.2, 0) is 12.8 Å². The quantitative estimate of drug-likeness (QED) is 0.926. The molecule has 2 N–H and O–H groups in total. The standard InChI is InChI=1S/C16H18N2O2/c1-19-15-6-5-11(10-18-15)9-14(17)13-4-2-3-12-7-8-20-16(12)13/h2-6,10,14H,7-9,17H2,1H3. The number of hydrogen-bond donors (Lipinski definition) is 1. The van der Waals surface area contributed by atoms with E-state index in [1.54, 1.807) is 7.11 Å². The van der Waals surface area contributed by atoms with E-state index in [0.29, 0.717) is 5.88 Å². The molecule has 4 heteroatoms. The third-order valence-corrected chi connectivity index (χ3v) is 3.61. The summed E-state index contributed by atoms with van der Waals surface area (Å²) >= 11 is 0. The summed E-state index contributed by atoms with van der Waals surface area (Å²) in [6.45, 7) is 0.753. The van der Waals surface area contributed by atoms with Crippen molar-refractivity contribution < 1.29 is 9.47 Å². The van der Waals surface area contributed by atoms with Gasteiger partial charge in [-0.1, -0.05) is 24.3 Å². The van der Waals surface area contributed by atoms with Gasteiger partial charge in [-0.2, -0.15) is 0 Å². The van der Waals surface area contributed by atoms with Crippen LogP contribution in [0.15, 0.2) is 36.5 Å². The first kappa shape index (κ1) is 12.9. The summed E-state index contributed by atoms with van der Waals surface area (Å²) in [5, 5.41) is 0. The molecule has 1 aromatic carbocycles. The van der Waals surface area contributed by atoms with E-state index in [1.807, 2.05) is 24.4 Å². The second-order valence-corrected chi connectivity index (χ2v) is 4.95. The van der Waals surface area contributed by atoms with Crippen LogP contribution in [0.5, 0.6) is 11.6 Å². The van der Waals surface area contributed by atoms with Crippen molar-refractivity contribution in [2.24, 2.45) is 5.73 Å². The van der Waals surface area contributed by atoms with Crippen LogP contribution in [0.3, 0.4) is 0 Å². The minimum Gasteiger partial charge on any atom is -0.493 e. The van der Waals surface area contributed by atoms with Gasteiger partial charge in [0.05, 0.1) is 13.7 Å². The van der Waals surface area contributed by atoms with Gasteiger partial charge >= 0.3 is 0 Å². The van der Waals surface area contributed by atoms with Crippen molar-refractivity contribution in [3.63, 3.8) is 0 Å². The first-order chi connectivity index (χ1) is 9.78. The molecule has 2 heterocycles. The fourth-order valence-corrected chi connectivity index (χ4v) is 2.55. The number of para-hydroxylation sites is 1. The van der Waals surface area contributed by atoms with Crippen LogP contribution in [0.25, 0.3) is 0 Å². The summed E-state index contributed by atoms with van der Waals surface area (Å²) < 4.78 is 10.8. The van der Waals surface area contributed by atoms with Crippen molar-refractivity contribution in [2.75, 3.05) is 13.7 Å². The third-order valence-electron chi connectivity index (χ3n) is 3.61. The molecule has 2 aromatic rings. The number of fused-ring (bicyclic) bond motifs is 1. The molecule has 104 valence electrons. The highest BCUT2D eigenvalue weighted by atomic mass is 16.5. The van der Waals surface area contributed by atoms with Crippen molar-refractivity contribution in [3.8, 4) is 11.6 Å². The molecule has 0 radical (unpaired) electrons. The maximum atomic E-state index is 6.33. The normalized spacial score (nSPS) is 14.5. The average molecular weight is 270 g/mol. The molecular formula is C16H18N2O2. The predicted molar refractivity (Wildman–Crippen MR) is 77.1 cm³/mol. The second kappa shape index (κ2) is 5.51. The summed E-state index contributed by atoms with van der Waals surface area (Å²) in [6, 6.07) is 9.97. The van der Waals surface area contributed by atoms with E-state index < -0.39 is 0 Å². The predicted octanol–water partition coefficient (Wildman–Crippen LogP) is 2.27. The minimum atomic E-state index is -0.0850. The lowest BCUT2D eigenvalue weighted by molar-refractivity contribution is 0.351. The van der Waals surface area contributed by atoms with Gasteiger partial charge in [-0.25, -0.2) is 4.98 Å². The average Bonchev–Trinajstić information content (AvgIpc) is 2.96. The third kappa shape index (κ3) is 2.47. The van der Waals surface area contributed by atoms with E-state index in [-0.39, 0.29) is 6.04 Å². The molecule has 1 aliphatic rings. The number of rotatable bonds is 4. The molecule has 0 spiro atoms. The lowest BCUT2D eigenvalue weighted by atomic mass is 9.97. The fourth-order valence-electron chi connectivity index (χ4n) is 2.55. The Morgan fingerprint density at radius 1 is 1.35 bits per heavy atom. The smallest absolute Gasteiger partial charge is 0.212 e. The maximum Gasteiger partial charge on any atom is 0.212 e. The molecule has 0 bridgehead atoms. The van der Waals surface area contributed by atoms with Gasteiger partial charge in [-0.15, -0.1) is 0 Å². The van der Waals surface area contributed by atoms with Crippen molar-refractivity contribution in [1.82, 2.24) is 4.98 Å². The van der Waals surface area contributed by atoms with Crippen molar-refractivity contribution in [2.45, 2.75) is 18.9 Å². The molecule has 0 saturated carbocycles. The molecule has 1 aliphatic heterocycles. The minimum absolute atomic E-state index is 0.0850. The fraction of sp³-hybridized carbons (Fsp3) is 0.312. The summed E-state index contributed by atoms with van der Waals surface area (Å²) in [5.41, 5.74) is 9.76. The molecule has 0 amide bonds. The Labute approximate surface area is 118 Å². The van der Waals surface area contributed by atoms with E-state index >= 15 is 0 Å². The maximum absolute atomic E-state index is 6.33. The van der Waals surface area contributed by atoms with Crippen LogP contribution in [0.1, 0.15) is 22.7 Å². The molecule has 1 aromatic heterocycles. The molecule has 3 rings (SSSR count). The van der Waals surface area contributed by atoms with Crippen molar-refractivity contribution in [3.05, 3.63) is 53.2 Å². The van der Waals surface area contributed by atoms with Gasteiger partial charge in [0, 0.05) is 30.3 Å². The van der Waals surface area contributed by atoms with E-state index in [1.165, 1.54) is 5.56 Å². The Morgan fingerprint density at radius 2 is 2.25 bits per heavy atom. The van der Waals surface area contributed by atoms with Crippen molar-refractivity contribution >= 4 is 0 Å². The SMILES string of the molecule is COc1ccc(CC(N)c2cccc3c2OCC3)cn1. The number of hydrogen-bond acceptors (Lipinski definition) is 4. The lowest BCUT2D eigenvalue weighted by Gasteiger charge is -2.15. The molecule has 0 aliphatic carbocycles. The highest BCUT2D eigenvalue weighted by Gasteiger charge is 2.20. The number of nitrogens with two attached hydrogens (primary N) is 1. The number of methoxy groups -OCH3 is 1. The Bertz CT molecular complexity index is 596. The number of aromatic nitrogens is 1. The first-order valence-electron chi connectivity index (χ1n) is 6.77. The van der Waals surface area contributed by atoms with Crippen LogP contribution in [0.2, 0.25) is 0 Å². The van der Waals surface area contributed by atoms with Gasteiger partial charge < -0.3 is 15.2 Å². The molecule has 20 heavy (non-hydrogen) atoms. The topological polar surface area (TPSA) is 57.4 Å². The second-order valence-electron chi connectivity index (χ2n) is 4.95. The summed E-state index contributed by atoms with van der Waals surface area (Å²) in [7, 11) is 1.61. The van der Waals surface area contributed by atoms with E-state index in [9.17, 15) is 0 Å². The van der Waals surface area contributed by atoms with E-state index in [4.69, 9.17) is 15.2 Å². The molecular weight excluding hydrogens is 252 g/mol. The van der Waals surface area contributed by atoms with Gasteiger partial charge in [-0.05, 0) is 17.5 Å².